The summed E-state index contributed by atoms with van der Waals surface area (Å²) in [5.41, 5.74) is 8.51. The Kier molecular flexibility index (Phi) is 3.68. The van der Waals surface area contributed by atoms with Gasteiger partial charge in [0.25, 0.3) is 11.8 Å². The lowest BCUT2D eigenvalue weighted by Gasteiger charge is -2.40. The Hall–Kier alpha value is -3.29. The third-order valence-corrected chi connectivity index (χ3v) is 4.16. The molecule has 4 rings (SSSR count). The number of alkyl halides is 2. The normalized spacial score (nSPS) is 15.5. The maximum Gasteiger partial charge on any atom is 0.282 e. The van der Waals surface area contributed by atoms with Crippen LogP contribution in [-0.2, 0) is 0 Å². The van der Waals surface area contributed by atoms with Crippen LogP contribution in [0.3, 0.4) is 0 Å². The number of hydrogen-bond acceptors (Lipinski definition) is 5. The van der Waals surface area contributed by atoms with Gasteiger partial charge in [-0.2, -0.15) is 0 Å². The molecule has 0 atom stereocenters. The van der Waals surface area contributed by atoms with Gasteiger partial charge in [0.2, 0.25) is 0 Å². The molecule has 2 aromatic heterocycles. The first-order valence-corrected chi connectivity index (χ1v) is 7.87. The monoisotopic (exact) mass is 356 g/mol. The molecule has 0 spiro atoms. The van der Waals surface area contributed by atoms with Gasteiger partial charge in [-0.3, -0.25) is 4.79 Å². The van der Waals surface area contributed by atoms with Crippen LogP contribution in [0.1, 0.15) is 10.5 Å². The van der Waals surface area contributed by atoms with Crippen molar-refractivity contribution in [3.05, 3.63) is 54.4 Å². The van der Waals surface area contributed by atoms with Gasteiger partial charge >= 0.3 is 0 Å². The second-order valence-corrected chi connectivity index (χ2v) is 6.14. The Labute approximate surface area is 147 Å². The van der Waals surface area contributed by atoms with E-state index < -0.39 is 24.9 Å². The average molecular weight is 356 g/mol. The van der Waals surface area contributed by atoms with Crippen molar-refractivity contribution in [2.75, 3.05) is 18.0 Å². The number of carbonyl (C=O) groups is 1. The molecule has 1 amide bonds. The van der Waals surface area contributed by atoms with Crippen LogP contribution >= 0.6 is 0 Å². The molecule has 1 aliphatic heterocycles. The molecule has 1 aliphatic rings. The minimum Gasteiger partial charge on any atom is -0.364 e. The maximum atomic E-state index is 13.2. The molecule has 1 aromatic carbocycles. The average Bonchev–Trinajstić information content (AvgIpc) is 3.14. The zero-order chi connectivity index (χ0) is 18.3. The molecule has 0 bridgehead atoms. The van der Waals surface area contributed by atoms with E-state index in [-0.39, 0.29) is 5.69 Å². The topological polar surface area (TPSA) is 85.3 Å². The van der Waals surface area contributed by atoms with Crippen LogP contribution in [0.25, 0.3) is 22.5 Å². The summed E-state index contributed by atoms with van der Waals surface area (Å²) < 4.78 is 31.3. The first kappa shape index (κ1) is 16.2. The van der Waals surface area contributed by atoms with E-state index in [0.717, 1.165) is 5.56 Å². The van der Waals surface area contributed by atoms with Gasteiger partial charge in [0.15, 0.2) is 0 Å². The zero-order valence-corrected chi connectivity index (χ0v) is 13.5. The number of carbonyl (C=O) groups excluding carboxylic acids is 1. The number of halogens is 2. The summed E-state index contributed by atoms with van der Waals surface area (Å²) in [6.45, 7) is -0.790. The van der Waals surface area contributed by atoms with Crippen molar-refractivity contribution in [1.29, 1.82) is 0 Å². The molecule has 3 aromatic rings. The number of nitrogens with zero attached hydrogens (tertiary/aromatic N) is 3. The number of anilines is 1. The summed E-state index contributed by atoms with van der Waals surface area (Å²) in [5, 5.41) is 3.89. The summed E-state index contributed by atoms with van der Waals surface area (Å²) >= 11 is 0. The quantitative estimate of drug-likeness (QED) is 0.777. The van der Waals surface area contributed by atoms with Gasteiger partial charge in [0.05, 0.1) is 18.8 Å². The Morgan fingerprint density at radius 3 is 2.46 bits per heavy atom. The van der Waals surface area contributed by atoms with E-state index in [2.05, 4.69) is 10.1 Å². The van der Waals surface area contributed by atoms with E-state index >= 15 is 0 Å². The largest absolute Gasteiger partial charge is 0.364 e. The smallest absolute Gasteiger partial charge is 0.282 e. The molecule has 0 saturated carbocycles. The van der Waals surface area contributed by atoms with Crippen molar-refractivity contribution in [1.82, 2.24) is 10.1 Å². The first-order valence-electron chi connectivity index (χ1n) is 7.87. The molecule has 1 fully saturated rings. The number of benzene rings is 1. The molecular formula is C18H14F2N4O2. The summed E-state index contributed by atoms with van der Waals surface area (Å²) in [5.74, 6) is -3.43. The summed E-state index contributed by atoms with van der Waals surface area (Å²) in [6.07, 6.45) is 1.47. The highest BCUT2D eigenvalue weighted by molar-refractivity contribution is 5.92. The van der Waals surface area contributed by atoms with Gasteiger partial charge in [-0.05, 0) is 18.2 Å². The highest BCUT2D eigenvalue weighted by Crippen LogP contribution is 2.34. The van der Waals surface area contributed by atoms with Crippen molar-refractivity contribution in [3.8, 4) is 22.5 Å². The van der Waals surface area contributed by atoms with E-state index in [1.807, 2.05) is 24.3 Å². The minimum atomic E-state index is -2.72. The summed E-state index contributed by atoms with van der Waals surface area (Å²) in [4.78, 5) is 17.4. The first-order chi connectivity index (χ1) is 12.4. The zero-order valence-electron chi connectivity index (χ0n) is 13.5. The number of primary amides is 1. The second-order valence-electron chi connectivity index (χ2n) is 6.14. The molecule has 132 valence electrons. The fraction of sp³-hybridized carbons (Fsp3) is 0.167. The van der Waals surface area contributed by atoms with Gasteiger partial charge in [-0.15, -0.1) is 0 Å². The van der Waals surface area contributed by atoms with E-state index in [1.54, 1.807) is 12.1 Å². The van der Waals surface area contributed by atoms with Gasteiger partial charge in [0, 0.05) is 22.9 Å². The van der Waals surface area contributed by atoms with E-state index in [4.69, 9.17) is 10.3 Å². The number of nitrogens with two attached hydrogens (primary N) is 1. The van der Waals surface area contributed by atoms with Crippen LogP contribution < -0.4 is 10.6 Å². The van der Waals surface area contributed by atoms with E-state index in [0.29, 0.717) is 22.6 Å². The minimum absolute atomic E-state index is 0.0274. The van der Waals surface area contributed by atoms with Crippen molar-refractivity contribution in [2.45, 2.75) is 5.92 Å². The third-order valence-electron chi connectivity index (χ3n) is 4.16. The molecule has 0 radical (unpaired) electrons. The third kappa shape index (κ3) is 3.01. The van der Waals surface area contributed by atoms with Gasteiger partial charge in [-0.25, -0.2) is 13.8 Å². The number of hydrogen-bond donors (Lipinski definition) is 1. The molecular weight excluding hydrogens is 342 g/mol. The fourth-order valence-electron chi connectivity index (χ4n) is 2.87. The van der Waals surface area contributed by atoms with Crippen molar-refractivity contribution < 1.29 is 18.1 Å². The molecule has 8 heteroatoms. The van der Waals surface area contributed by atoms with Crippen LogP contribution in [0.2, 0.25) is 0 Å². The van der Waals surface area contributed by atoms with Gasteiger partial charge in [-0.1, -0.05) is 23.4 Å². The predicted molar refractivity (Wildman–Crippen MR) is 90.8 cm³/mol. The van der Waals surface area contributed by atoms with Crippen molar-refractivity contribution in [2.24, 2.45) is 5.73 Å². The SMILES string of the molecule is NC(=O)c1cc(N2CC(F)(F)C2)cc(-c2cccc(-c3ccon3)c2)n1. The fourth-order valence-corrected chi connectivity index (χ4v) is 2.87. The molecule has 26 heavy (non-hydrogen) atoms. The molecule has 0 unspecified atom stereocenters. The second kappa shape index (κ2) is 5.91. The summed E-state index contributed by atoms with van der Waals surface area (Å²) in [7, 11) is 0. The number of aromatic nitrogens is 2. The highest BCUT2D eigenvalue weighted by Gasteiger charge is 2.44. The molecule has 6 nitrogen and oxygen atoms in total. The van der Waals surface area contributed by atoms with Gasteiger partial charge in [0.1, 0.15) is 17.7 Å². The van der Waals surface area contributed by atoms with Crippen LogP contribution in [0.4, 0.5) is 14.5 Å². The van der Waals surface area contributed by atoms with E-state index in [9.17, 15) is 13.6 Å². The van der Waals surface area contributed by atoms with Crippen LogP contribution in [-0.4, -0.2) is 35.1 Å². The lowest BCUT2D eigenvalue weighted by atomic mass is 10.0. The highest BCUT2D eigenvalue weighted by atomic mass is 19.3. The predicted octanol–water partition coefficient (Wildman–Crippen LogP) is 2.96. The molecule has 0 aliphatic carbocycles. The lowest BCUT2D eigenvalue weighted by Crippen LogP contribution is -2.56. The Bertz CT molecular complexity index is 965. The Morgan fingerprint density at radius 2 is 1.85 bits per heavy atom. The van der Waals surface area contributed by atoms with Gasteiger partial charge < -0.3 is 15.2 Å². The van der Waals surface area contributed by atoms with Crippen LogP contribution in [0, 0.1) is 0 Å². The van der Waals surface area contributed by atoms with E-state index in [1.165, 1.54) is 17.2 Å². The molecule has 2 N–H and O–H groups in total. The number of pyridine rings is 1. The summed E-state index contributed by atoms with van der Waals surface area (Å²) in [6, 6.07) is 12.1. The lowest BCUT2D eigenvalue weighted by molar-refractivity contribution is -0.0262. The number of amides is 1. The van der Waals surface area contributed by atoms with Crippen molar-refractivity contribution in [3.63, 3.8) is 0 Å². The standard InChI is InChI=1S/C18H14F2N4O2/c19-18(20)9-24(10-18)13-7-15(22-16(8-13)17(21)25)12-3-1-2-11(6-12)14-4-5-26-23-14/h1-8H,9-10H2,(H2,21,25). The molecule has 1 saturated heterocycles. The van der Waals surface area contributed by atoms with Crippen LogP contribution in [0.5, 0.6) is 0 Å². The Morgan fingerprint density at radius 1 is 1.12 bits per heavy atom. The van der Waals surface area contributed by atoms with Crippen molar-refractivity contribution >= 4 is 11.6 Å². The van der Waals surface area contributed by atoms with Crippen LogP contribution in [0.15, 0.2) is 53.3 Å². The number of rotatable bonds is 4. The molecule has 3 heterocycles. The Balaban J connectivity index is 1.75. The maximum absolute atomic E-state index is 13.2.